The van der Waals surface area contributed by atoms with E-state index in [1.54, 1.807) is 18.2 Å². The molecule has 1 atom stereocenters. The standard InChI is InChI=1S/C27H32Cl2N4O2/c1-17-26(18(2)35-33-17)20-9-7-19(8-10-20)21(11-12-30-24-5-3-4-6-24)16-31-27(34)32-25-14-22(28)13-23(29)15-25/h7-10,13-15,21,24,30H,3-6,11-12,16H2,1-2H3,(H2,31,32,34). The number of anilines is 1. The predicted molar refractivity (Wildman–Crippen MR) is 143 cm³/mol. The van der Waals surface area contributed by atoms with E-state index in [2.05, 4.69) is 45.4 Å². The average molecular weight is 515 g/mol. The number of urea groups is 1. The summed E-state index contributed by atoms with van der Waals surface area (Å²) in [6.07, 6.45) is 6.03. The fourth-order valence-electron chi connectivity index (χ4n) is 4.81. The number of amides is 2. The van der Waals surface area contributed by atoms with Crippen molar-refractivity contribution in [1.82, 2.24) is 15.8 Å². The molecule has 3 aromatic rings. The molecule has 0 bridgehead atoms. The van der Waals surface area contributed by atoms with Crippen LogP contribution in [0.15, 0.2) is 47.0 Å². The second-order valence-electron chi connectivity index (χ2n) is 9.24. The third kappa shape index (κ3) is 7.00. The number of halogens is 2. The van der Waals surface area contributed by atoms with E-state index in [1.807, 2.05) is 13.8 Å². The van der Waals surface area contributed by atoms with Crippen molar-refractivity contribution in [3.63, 3.8) is 0 Å². The lowest BCUT2D eigenvalue weighted by Gasteiger charge is -2.21. The van der Waals surface area contributed by atoms with Gasteiger partial charge < -0.3 is 20.5 Å². The molecule has 0 aliphatic heterocycles. The Bertz CT molecular complexity index is 1100. The maximum absolute atomic E-state index is 12.6. The lowest BCUT2D eigenvalue weighted by molar-refractivity contribution is 0.251. The number of carbonyl (C=O) groups is 1. The molecular formula is C27H32Cl2N4O2. The molecule has 0 radical (unpaired) electrons. The van der Waals surface area contributed by atoms with Gasteiger partial charge in [-0.25, -0.2) is 4.79 Å². The van der Waals surface area contributed by atoms with Gasteiger partial charge in [-0.05, 0) is 69.0 Å². The largest absolute Gasteiger partial charge is 0.361 e. The zero-order valence-corrected chi connectivity index (χ0v) is 21.7. The minimum atomic E-state index is -0.288. The molecule has 3 N–H and O–H groups in total. The average Bonchev–Trinajstić information content (AvgIpc) is 3.45. The molecule has 1 aliphatic carbocycles. The van der Waals surface area contributed by atoms with E-state index >= 15 is 0 Å². The highest BCUT2D eigenvalue weighted by Gasteiger charge is 2.18. The summed E-state index contributed by atoms with van der Waals surface area (Å²) in [7, 11) is 0. The van der Waals surface area contributed by atoms with Crippen LogP contribution < -0.4 is 16.0 Å². The van der Waals surface area contributed by atoms with Crippen LogP contribution in [0, 0.1) is 13.8 Å². The predicted octanol–water partition coefficient (Wildman–Crippen LogP) is 7.09. The van der Waals surface area contributed by atoms with Crippen LogP contribution in [-0.2, 0) is 0 Å². The summed E-state index contributed by atoms with van der Waals surface area (Å²) < 4.78 is 5.33. The number of aromatic nitrogens is 1. The molecule has 2 amide bonds. The number of aryl methyl sites for hydroxylation is 2. The van der Waals surface area contributed by atoms with Crippen molar-refractivity contribution >= 4 is 34.9 Å². The van der Waals surface area contributed by atoms with E-state index in [0.29, 0.717) is 28.3 Å². The van der Waals surface area contributed by atoms with E-state index in [1.165, 1.54) is 31.2 Å². The second kappa shape index (κ2) is 11.9. The molecule has 1 aliphatic rings. The summed E-state index contributed by atoms with van der Waals surface area (Å²) in [5, 5.41) is 14.5. The van der Waals surface area contributed by atoms with Crippen LogP contribution in [0.5, 0.6) is 0 Å². The summed E-state index contributed by atoms with van der Waals surface area (Å²) in [4.78, 5) is 12.6. The van der Waals surface area contributed by atoms with Crippen LogP contribution in [0.3, 0.4) is 0 Å². The number of nitrogens with one attached hydrogen (secondary N) is 3. The van der Waals surface area contributed by atoms with E-state index < -0.39 is 0 Å². The molecule has 1 saturated carbocycles. The van der Waals surface area contributed by atoms with Crippen molar-refractivity contribution in [2.75, 3.05) is 18.4 Å². The number of carbonyl (C=O) groups excluding carboxylic acids is 1. The summed E-state index contributed by atoms with van der Waals surface area (Å²) in [6, 6.07) is 13.8. The van der Waals surface area contributed by atoms with Gasteiger partial charge in [-0.2, -0.15) is 0 Å². The summed E-state index contributed by atoms with van der Waals surface area (Å²) in [6.45, 7) is 5.30. The Hall–Kier alpha value is -2.54. The fraction of sp³-hybridized carbons (Fsp3) is 0.407. The van der Waals surface area contributed by atoms with E-state index in [9.17, 15) is 4.79 Å². The van der Waals surface area contributed by atoms with Crippen molar-refractivity contribution in [1.29, 1.82) is 0 Å². The van der Waals surface area contributed by atoms with Gasteiger partial charge in [-0.3, -0.25) is 0 Å². The highest BCUT2D eigenvalue weighted by Crippen LogP contribution is 2.29. The molecule has 35 heavy (non-hydrogen) atoms. The zero-order valence-electron chi connectivity index (χ0n) is 20.2. The molecule has 1 heterocycles. The first-order chi connectivity index (χ1) is 16.9. The fourth-order valence-corrected chi connectivity index (χ4v) is 5.34. The van der Waals surface area contributed by atoms with Gasteiger partial charge in [0.05, 0.1) is 5.69 Å². The van der Waals surface area contributed by atoms with Crippen LogP contribution in [0.25, 0.3) is 11.1 Å². The second-order valence-corrected chi connectivity index (χ2v) is 10.1. The van der Waals surface area contributed by atoms with Gasteiger partial charge in [0.15, 0.2) is 0 Å². The van der Waals surface area contributed by atoms with Gasteiger partial charge in [-0.1, -0.05) is 65.5 Å². The smallest absolute Gasteiger partial charge is 0.319 e. The number of rotatable bonds is 9. The molecule has 8 heteroatoms. The monoisotopic (exact) mass is 514 g/mol. The topological polar surface area (TPSA) is 79.2 Å². The van der Waals surface area contributed by atoms with Crippen LogP contribution in [0.4, 0.5) is 10.5 Å². The zero-order chi connectivity index (χ0) is 24.8. The molecule has 1 fully saturated rings. The van der Waals surface area contributed by atoms with Gasteiger partial charge in [0.25, 0.3) is 0 Å². The lowest BCUT2D eigenvalue weighted by Crippen LogP contribution is -2.34. The molecule has 6 nitrogen and oxygen atoms in total. The van der Waals surface area contributed by atoms with Gasteiger partial charge in [0, 0.05) is 39.8 Å². The Morgan fingerprint density at radius 1 is 1.09 bits per heavy atom. The van der Waals surface area contributed by atoms with E-state index in [-0.39, 0.29) is 11.9 Å². The van der Waals surface area contributed by atoms with Crippen molar-refractivity contribution in [3.05, 3.63) is 69.5 Å². The van der Waals surface area contributed by atoms with Gasteiger partial charge in [0.2, 0.25) is 0 Å². The van der Waals surface area contributed by atoms with Crippen LogP contribution in [0.2, 0.25) is 10.0 Å². The summed E-state index contributed by atoms with van der Waals surface area (Å²) >= 11 is 12.1. The van der Waals surface area contributed by atoms with Gasteiger partial charge >= 0.3 is 6.03 Å². The Morgan fingerprint density at radius 2 is 1.77 bits per heavy atom. The molecular weight excluding hydrogens is 483 g/mol. The maximum atomic E-state index is 12.6. The van der Waals surface area contributed by atoms with Crippen molar-refractivity contribution in [3.8, 4) is 11.1 Å². The third-order valence-electron chi connectivity index (χ3n) is 6.61. The molecule has 0 saturated heterocycles. The minimum absolute atomic E-state index is 0.163. The van der Waals surface area contributed by atoms with E-state index in [4.69, 9.17) is 27.7 Å². The Morgan fingerprint density at radius 3 is 2.40 bits per heavy atom. The number of nitrogens with zero attached hydrogens (tertiary/aromatic N) is 1. The number of hydrogen-bond acceptors (Lipinski definition) is 4. The molecule has 186 valence electrons. The number of hydrogen-bond donors (Lipinski definition) is 3. The van der Waals surface area contributed by atoms with Crippen molar-refractivity contribution < 1.29 is 9.32 Å². The van der Waals surface area contributed by atoms with Crippen molar-refractivity contribution in [2.24, 2.45) is 0 Å². The van der Waals surface area contributed by atoms with Gasteiger partial charge in [0.1, 0.15) is 5.76 Å². The first-order valence-corrected chi connectivity index (χ1v) is 12.9. The molecule has 2 aromatic carbocycles. The molecule has 1 aromatic heterocycles. The summed E-state index contributed by atoms with van der Waals surface area (Å²) in [5.41, 5.74) is 4.74. The molecule has 4 rings (SSSR count). The maximum Gasteiger partial charge on any atom is 0.319 e. The first kappa shape index (κ1) is 25.5. The Kier molecular flexibility index (Phi) is 8.71. The van der Waals surface area contributed by atoms with E-state index in [0.717, 1.165) is 35.5 Å². The minimum Gasteiger partial charge on any atom is -0.361 e. The van der Waals surface area contributed by atoms with Crippen LogP contribution in [0.1, 0.15) is 55.0 Å². The van der Waals surface area contributed by atoms with Crippen LogP contribution in [-0.4, -0.2) is 30.3 Å². The highest BCUT2D eigenvalue weighted by atomic mass is 35.5. The summed E-state index contributed by atoms with van der Waals surface area (Å²) in [5.74, 6) is 0.975. The van der Waals surface area contributed by atoms with Gasteiger partial charge in [-0.15, -0.1) is 0 Å². The quantitative estimate of drug-likeness (QED) is 0.284. The molecule has 0 spiro atoms. The normalized spacial score (nSPS) is 14.7. The number of benzene rings is 2. The Labute approximate surface area is 216 Å². The van der Waals surface area contributed by atoms with Crippen LogP contribution >= 0.6 is 23.2 Å². The first-order valence-electron chi connectivity index (χ1n) is 12.2. The van der Waals surface area contributed by atoms with Crippen molar-refractivity contribution in [2.45, 2.75) is 57.9 Å². The third-order valence-corrected chi connectivity index (χ3v) is 7.05. The highest BCUT2D eigenvalue weighted by molar-refractivity contribution is 6.35. The molecule has 1 unspecified atom stereocenters. The SMILES string of the molecule is Cc1noc(C)c1-c1ccc(C(CCNC2CCCC2)CNC(=O)Nc2cc(Cl)cc(Cl)c2)cc1. The lowest BCUT2D eigenvalue weighted by atomic mass is 9.93. The Balaban J connectivity index is 1.42.